The topological polar surface area (TPSA) is 50.8 Å². The number of unbranched alkanes of at least 4 members (excludes halogenated alkanes) is 2. The molecule has 0 fully saturated rings. The molecular weight excluding hydrogens is 280 g/mol. The number of hydrogen-bond acceptors (Lipinski definition) is 3. The van der Waals surface area contributed by atoms with Crippen molar-refractivity contribution in [3.8, 4) is 11.5 Å². The van der Waals surface area contributed by atoms with Gasteiger partial charge in [0.2, 0.25) is 0 Å². The van der Waals surface area contributed by atoms with Crippen molar-refractivity contribution in [2.45, 2.75) is 39.5 Å². The average molecular weight is 308 g/mol. The van der Waals surface area contributed by atoms with E-state index < -0.39 is 0 Å². The molecule has 1 aromatic carbocycles. The molecule has 0 saturated carbocycles. The highest BCUT2D eigenvalue weighted by molar-refractivity contribution is 5.93. The molecule has 0 aliphatic rings. The van der Waals surface area contributed by atoms with E-state index in [-0.39, 0.29) is 6.03 Å². The van der Waals surface area contributed by atoms with E-state index in [4.69, 9.17) is 9.47 Å². The maximum absolute atomic E-state index is 12.6. The molecule has 2 amide bonds. The number of para-hydroxylation sites is 1. The summed E-state index contributed by atoms with van der Waals surface area (Å²) in [4.78, 5) is 14.4. The van der Waals surface area contributed by atoms with Crippen molar-refractivity contribution in [1.29, 1.82) is 0 Å². The van der Waals surface area contributed by atoms with Crippen LogP contribution in [-0.4, -0.2) is 38.2 Å². The zero-order valence-corrected chi connectivity index (χ0v) is 14.1. The number of nitrogens with one attached hydrogen (secondary N) is 1. The number of nitrogens with zero attached hydrogens (tertiary/aromatic N) is 1. The third-order valence-corrected chi connectivity index (χ3v) is 3.51. The molecule has 1 aromatic rings. The number of ether oxygens (including phenoxy) is 2. The van der Waals surface area contributed by atoms with Crippen LogP contribution in [0.3, 0.4) is 0 Å². The highest BCUT2D eigenvalue weighted by atomic mass is 16.5. The SMILES string of the molecule is CCCCN(CCCC)C(=O)Nc1c(OC)cccc1OC. The highest BCUT2D eigenvalue weighted by Gasteiger charge is 2.17. The van der Waals surface area contributed by atoms with Crippen LogP contribution in [0.25, 0.3) is 0 Å². The number of carbonyl (C=O) groups excluding carboxylic acids is 1. The molecule has 1 N–H and O–H groups in total. The quantitative estimate of drug-likeness (QED) is 0.746. The Morgan fingerprint density at radius 3 is 1.95 bits per heavy atom. The normalized spacial score (nSPS) is 10.2. The number of anilines is 1. The summed E-state index contributed by atoms with van der Waals surface area (Å²) >= 11 is 0. The first-order valence-corrected chi connectivity index (χ1v) is 7.94. The smallest absolute Gasteiger partial charge is 0.322 e. The number of carbonyl (C=O) groups is 1. The van der Waals surface area contributed by atoms with Gasteiger partial charge in [0.15, 0.2) is 0 Å². The lowest BCUT2D eigenvalue weighted by molar-refractivity contribution is 0.209. The van der Waals surface area contributed by atoms with Crippen LogP contribution in [0.2, 0.25) is 0 Å². The largest absolute Gasteiger partial charge is 0.494 e. The first kappa shape index (κ1) is 18.1. The zero-order chi connectivity index (χ0) is 16.4. The van der Waals surface area contributed by atoms with Crippen LogP contribution >= 0.6 is 0 Å². The van der Waals surface area contributed by atoms with Crippen LogP contribution in [0.1, 0.15) is 39.5 Å². The van der Waals surface area contributed by atoms with E-state index >= 15 is 0 Å². The Bertz CT molecular complexity index is 433. The van der Waals surface area contributed by atoms with Crippen LogP contribution in [-0.2, 0) is 0 Å². The fraction of sp³-hybridized carbons (Fsp3) is 0.588. The van der Waals surface area contributed by atoms with Gasteiger partial charge in [-0.3, -0.25) is 0 Å². The third kappa shape index (κ3) is 5.13. The molecule has 0 spiro atoms. The van der Waals surface area contributed by atoms with Gasteiger partial charge in [-0.2, -0.15) is 0 Å². The van der Waals surface area contributed by atoms with Crippen molar-refractivity contribution in [2.24, 2.45) is 0 Å². The number of urea groups is 1. The molecular formula is C17H28N2O3. The van der Waals surface area contributed by atoms with Gasteiger partial charge < -0.3 is 19.7 Å². The van der Waals surface area contributed by atoms with E-state index in [0.717, 1.165) is 38.8 Å². The van der Waals surface area contributed by atoms with E-state index in [1.807, 2.05) is 11.0 Å². The summed E-state index contributed by atoms with van der Waals surface area (Å²) in [5.74, 6) is 1.19. The second-order valence-electron chi connectivity index (χ2n) is 5.16. The Labute approximate surface area is 133 Å². The Morgan fingerprint density at radius 2 is 1.55 bits per heavy atom. The minimum absolute atomic E-state index is 0.107. The number of hydrogen-bond donors (Lipinski definition) is 1. The van der Waals surface area contributed by atoms with Gasteiger partial charge in [0.1, 0.15) is 17.2 Å². The van der Waals surface area contributed by atoms with Gasteiger partial charge in [-0.05, 0) is 25.0 Å². The lowest BCUT2D eigenvalue weighted by atomic mass is 10.2. The summed E-state index contributed by atoms with van der Waals surface area (Å²) in [6.45, 7) is 5.78. The molecule has 0 aliphatic heterocycles. The number of benzene rings is 1. The van der Waals surface area contributed by atoms with E-state index in [9.17, 15) is 4.79 Å². The van der Waals surface area contributed by atoms with Crippen molar-refractivity contribution in [3.63, 3.8) is 0 Å². The van der Waals surface area contributed by atoms with Gasteiger partial charge in [0, 0.05) is 13.1 Å². The predicted octanol–water partition coefficient (Wildman–Crippen LogP) is 4.14. The molecule has 0 aromatic heterocycles. The average Bonchev–Trinajstić information content (AvgIpc) is 2.55. The number of rotatable bonds is 9. The molecule has 0 aliphatic carbocycles. The summed E-state index contributed by atoms with van der Waals surface area (Å²) in [5, 5.41) is 2.94. The monoisotopic (exact) mass is 308 g/mol. The summed E-state index contributed by atoms with van der Waals surface area (Å²) in [6.07, 6.45) is 4.13. The van der Waals surface area contributed by atoms with Gasteiger partial charge in [0.25, 0.3) is 0 Å². The van der Waals surface area contributed by atoms with Gasteiger partial charge >= 0.3 is 6.03 Å². The molecule has 5 heteroatoms. The van der Waals surface area contributed by atoms with Crippen molar-refractivity contribution in [2.75, 3.05) is 32.6 Å². The molecule has 0 bridgehead atoms. The summed E-state index contributed by atoms with van der Waals surface area (Å²) in [7, 11) is 3.16. The van der Waals surface area contributed by atoms with E-state index in [1.54, 1.807) is 26.4 Å². The lowest BCUT2D eigenvalue weighted by Crippen LogP contribution is -2.36. The van der Waals surface area contributed by atoms with E-state index in [2.05, 4.69) is 19.2 Å². The third-order valence-electron chi connectivity index (χ3n) is 3.51. The number of methoxy groups -OCH3 is 2. The molecule has 0 unspecified atom stereocenters. The van der Waals surface area contributed by atoms with Crippen LogP contribution in [0.15, 0.2) is 18.2 Å². The van der Waals surface area contributed by atoms with Gasteiger partial charge in [-0.25, -0.2) is 4.79 Å². The number of amides is 2. The standard InChI is InChI=1S/C17H28N2O3/c1-5-7-12-19(13-8-6-2)17(20)18-16-14(21-3)10-9-11-15(16)22-4/h9-11H,5-8,12-13H2,1-4H3,(H,18,20). The molecule has 5 nitrogen and oxygen atoms in total. The molecule has 124 valence electrons. The zero-order valence-electron chi connectivity index (χ0n) is 14.1. The molecule has 0 atom stereocenters. The lowest BCUT2D eigenvalue weighted by Gasteiger charge is -2.24. The molecule has 22 heavy (non-hydrogen) atoms. The highest BCUT2D eigenvalue weighted by Crippen LogP contribution is 2.34. The van der Waals surface area contributed by atoms with Crippen LogP contribution < -0.4 is 14.8 Å². The van der Waals surface area contributed by atoms with Crippen LogP contribution in [0, 0.1) is 0 Å². The van der Waals surface area contributed by atoms with Crippen LogP contribution in [0.4, 0.5) is 10.5 Å². The molecule has 0 heterocycles. The fourth-order valence-corrected chi connectivity index (χ4v) is 2.17. The molecule has 0 radical (unpaired) electrons. The second kappa shape index (κ2) is 9.92. The molecule has 0 saturated heterocycles. The van der Waals surface area contributed by atoms with Crippen LogP contribution in [0.5, 0.6) is 11.5 Å². The molecule has 1 rings (SSSR count). The van der Waals surface area contributed by atoms with Crippen molar-refractivity contribution >= 4 is 11.7 Å². The first-order valence-electron chi connectivity index (χ1n) is 7.94. The van der Waals surface area contributed by atoms with Crippen molar-refractivity contribution < 1.29 is 14.3 Å². The van der Waals surface area contributed by atoms with Crippen molar-refractivity contribution in [1.82, 2.24) is 4.90 Å². The minimum Gasteiger partial charge on any atom is -0.494 e. The Morgan fingerprint density at radius 1 is 1.05 bits per heavy atom. The van der Waals surface area contributed by atoms with E-state index in [1.165, 1.54) is 0 Å². The summed E-state index contributed by atoms with van der Waals surface area (Å²) < 4.78 is 10.6. The van der Waals surface area contributed by atoms with Gasteiger partial charge in [-0.1, -0.05) is 32.8 Å². The summed E-state index contributed by atoms with van der Waals surface area (Å²) in [5.41, 5.74) is 0.579. The minimum atomic E-state index is -0.107. The maximum Gasteiger partial charge on any atom is 0.322 e. The Hall–Kier alpha value is -1.91. The second-order valence-corrected chi connectivity index (χ2v) is 5.16. The maximum atomic E-state index is 12.6. The Kier molecular flexibility index (Phi) is 8.18. The van der Waals surface area contributed by atoms with Gasteiger partial charge in [-0.15, -0.1) is 0 Å². The van der Waals surface area contributed by atoms with Gasteiger partial charge in [0.05, 0.1) is 14.2 Å². The van der Waals surface area contributed by atoms with E-state index in [0.29, 0.717) is 17.2 Å². The fourth-order valence-electron chi connectivity index (χ4n) is 2.17. The predicted molar refractivity (Wildman–Crippen MR) is 90.0 cm³/mol. The first-order chi connectivity index (χ1) is 10.7. The Balaban J connectivity index is 2.87. The summed E-state index contributed by atoms with van der Waals surface area (Å²) in [6, 6.07) is 5.34. The van der Waals surface area contributed by atoms with Crippen molar-refractivity contribution in [3.05, 3.63) is 18.2 Å².